The van der Waals surface area contributed by atoms with E-state index in [0.29, 0.717) is 19.6 Å². The number of hydrogen-bond acceptors (Lipinski definition) is 4. The first-order valence-electron chi connectivity index (χ1n) is 6.37. The minimum absolute atomic E-state index is 0.000422. The molecule has 0 atom stereocenters. The largest absolute Gasteiger partial charge is 0.395 e. The van der Waals surface area contributed by atoms with E-state index in [4.69, 9.17) is 5.11 Å². The van der Waals surface area contributed by atoms with Crippen molar-refractivity contribution in [2.45, 2.75) is 11.8 Å². The summed E-state index contributed by atoms with van der Waals surface area (Å²) in [6.45, 7) is 3.65. The van der Waals surface area contributed by atoms with Gasteiger partial charge in [0.1, 0.15) is 0 Å². The molecule has 0 saturated heterocycles. The highest BCUT2D eigenvalue weighted by Gasteiger charge is 2.04. The highest BCUT2D eigenvalue weighted by atomic mass is 32.2. The molecule has 0 unspecified atom stereocenters. The predicted octanol–water partition coefficient (Wildman–Crippen LogP) is 1.13. The predicted molar refractivity (Wildman–Crippen MR) is 79.5 cm³/mol. The number of carbonyl (C=O) groups excluding carboxylic acids is 1. The summed E-state index contributed by atoms with van der Waals surface area (Å²) < 4.78 is 0. The van der Waals surface area contributed by atoms with Gasteiger partial charge in [0.25, 0.3) is 0 Å². The zero-order valence-electron chi connectivity index (χ0n) is 11.6. The Labute approximate surface area is 119 Å². The molecule has 0 radical (unpaired) electrons. The summed E-state index contributed by atoms with van der Waals surface area (Å²) in [5.74, 6) is 0.860. The summed E-state index contributed by atoms with van der Waals surface area (Å²) in [5.41, 5.74) is 1.25. The fraction of sp³-hybridized carbons (Fsp3) is 0.500. The van der Waals surface area contributed by atoms with Crippen molar-refractivity contribution >= 4 is 17.7 Å². The van der Waals surface area contributed by atoms with Crippen molar-refractivity contribution in [2.75, 3.05) is 39.0 Å². The highest BCUT2D eigenvalue weighted by Crippen LogP contribution is 2.17. The number of benzene rings is 1. The Morgan fingerprint density at radius 2 is 2.05 bits per heavy atom. The third-order valence-corrected chi connectivity index (χ3v) is 3.62. The van der Waals surface area contributed by atoms with Gasteiger partial charge in [0.05, 0.1) is 13.2 Å². The molecule has 0 heterocycles. The van der Waals surface area contributed by atoms with Gasteiger partial charge >= 0.3 is 0 Å². The summed E-state index contributed by atoms with van der Waals surface area (Å²) in [7, 11) is 1.82. The molecule has 2 N–H and O–H groups in total. The zero-order chi connectivity index (χ0) is 14.1. The van der Waals surface area contributed by atoms with E-state index >= 15 is 0 Å². The van der Waals surface area contributed by atoms with E-state index in [1.807, 2.05) is 7.05 Å². The average Bonchev–Trinajstić information content (AvgIpc) is 2.37. The van der Waals surface area contributed by atoms with Gasteiger partial charge in [0.15, 0.2) is 0 Å². The maximum Gasteiger partial charge on any atom is 0.234 e. The third-order valence-electron chi connectivity index (χ3n) is 2.61. The molecule has 1 aromatic rings. The van der Waals surface area contributed by atoms with E-state index in [0.717, 1.165) is 5.75 Å². The summed E-state index contributed by atoms with van der Waals surface area (Å²) in [6.07, 6.45) is 0. The first-order chi connectivity index (χ1) is 9.11. The van der Waals surface area contributed by atoms with Gasteiger partial charge in [-0.1, -0.05) is 17.7 Å². The van der Waals surface area contributed by atoms with Gasteiger partial charge in [-0.15, -0.1) is 11.8 Å². The lowest BCUT2D eigenvalue weighted by atomic mass is 10.2. The number of amides is 1. The number of hydrogen-bond donors (Lipinski definition) is 2. The van der Waals surface area contributed by atoms with Crippen molar-refractivity contribution in [3.63, 3.8) is 0 Å². The quantitative estimate of drug-likeness (QED) is 0.554. The fourth-order valence-corrected chi connectivity index (χ4v) is 2.31. The molecule has 0 bridgehead atoms. The number of likely N-dealkylation sites (N-methyl/N-ethyl adjacent to an activating group) is 1. The Balaban J connectivity index is 2.13. The molecule has 0 saturated carbocycles. The molecule has 106 valence electrons. The molecule has 19 heavy (non-hydrogen) atoms. The van der Waals surface area contributed by atoms with Crippen molar-refractivity contribution in [1.29, 1.82) is 0 Å². The number of aryl methyl sites for hydroxylation is 1. The second kappa shape index (κ2) is 8.96. The standard InChI is InChI=1S/C14H22N2O2S/c1-12-3-5-13(6-4-12)19-10-7-15-14(18)11-16(2)8-9-17/h3-6,17H,7-11H2,1-2H3,(H,15,18). The SMILES string of the molecule is Cc1ccc(SCCNC(=O)CN(C)CCO)cc1. The van der Waals surface area contributed by atoms with Crippen molar-refractivity contribution < 1.29 is 9.90 Å². The average molecular weight is 282 g/mol. The number of nitrogens with one attached hydrogen (secondary N) is 1. The molecule has 1 amide bonds. The number of aliphatic hydroxyl groups excluding tert-OH is 1. The molecule has 0 aromatic heterocycles. The molecule has 0 spiro atoms. The van der Waals surface area contributed by atoms with Gasteiger partial charge in [-0.25, -0.2) is 0 Å². The Hall–Kier alpha value is -1.04. The summed E-state index contributed by atoms with van der Waals surface area (Å²) in [5, 5.41) is 11.6. The molecular formula is C14H22N2O2S. The molecule has 1 aromatic carbocycles. The summed E-state index contributed by atoms with van der Waals surface area (Å²) >= 11 is 1.73. The Morgan fingerprint density at radius 1 is 1.37 bits per heavy atom. The van der Waals surface area contributed by atoms with E-state index in [1.165, 1.54) is 10.5 Å². The number of aliphatic hydroxyl groups is 1. The van der Waals surface area contributed by atoms with E-state index < -0.39 is 0 Å². The van der Waals surface area contributed by atoms with Crippen LogP contribution in [0.25, 0.3) is 0 Å². The number of rotatable bonds is 8. The van der Waals surface area contributed by atoms with Crippen LogP contribution in [0.1, 0.15) is 5.56 Å². The van der Waals surface area contributed by atoms with Gasteiger partial charge in [-0.2, -0.15) is 0 Å². The minimum Gasteiger partial charge on any atom is -0.395 e. The van der Waals surface area contributed by atoms with Crippen molar-refractivity contribution in [2.24, 2.45) is 0 Å². The minimum atomic E-state index is 0.000422. The molecule has 4 nitrogen and oxygen atoms in total. The zero-order valence-corrected chi connectivity index (χ0v) is 12.4. The molecule has 0 aliphatic rings. The van der Waals surface area contributed by atoms with Gasteiger partial charge in [0, 0.05) is 23.7 Å². The van der Waals surface area contributed by atoms with Crippen molar-refractivity contribution in [3.8, 4) is 0 Å². The summed E-state index contributed by atoms with van der Waals surface area (Å²) in [6, 6.07) is 8.36. The lowest BCUT2D eigenvalue weighted by Crippen LogP contribution is -2.37. The van der Waals surface area contributed by atoms with Crippen LogP contribution < -0.4 is 5.32 Å². The third kappa shape index (κ3) is 7.20. The number of nitrogens with zero attached hydrogens (tertiary/aromatic N) is 1. The van der Waals surface area contributed by atoms with Crippen LogP contribution in [0.5, 0.6) is 0 Å². The smallest absolute Gasteiger partial charge is 0.234 e. The van der Waals surface area contributed by atoms with Crippen molar-refractivity contribution in [3.05, 3.63) is 29.8 Å². The molecule has 0 aliphatic heterocycles. The molecule has 1 rings (SSSR count). The summed E-state index contributed by atoms with van der Waals surface area (Å²) in [4.78, 5) is 14.6. The van der Waals surface area contributed by atoms with Crippen LogP contribution in [-0.2, 0) is 4.79 Å². The normalized spacial score (nSPS) is 10.7. The van der Waals surface area contributed by atoms with Crippen LogP contribution in [0.15, 0.2) is 29.2 Å². The Kier molecular flexibility index (Phi) is 7.55. The Morgan fingerprint density at radius 3 is 2.68 bits per heavy atom. The lowest BCUT2D eigenvalue weighted by molar-refractivity contribution is -0.121. The van der Waals surface area contributed by atoms with Gasteiger partial charge in [-0.3, -0.25) is 9.69 Å². The van der Waals surface area contributed by atoms with E-state index in [-0.39, 0.29) is 12.5 Å². The molecule has 5 heteroatoms. The van der Waals surface area contributed by atoms with Crippen LogP contribution in [0.4, 0.5) is 0 Å². The van der Waals surface area contributed by atoms with Crippen LogP contribution in [0.3, 0.4) is 0 Å². The second-order valence-electron chi connectivity index (χ2n) is 4.47. The van der Waals surface area contributed by atoms with E-state index in [2.05, 4.69) is 36.5 Å². The Bertz CT molecular complexity index is 382. The first-order valence-corrected chi connectivity index (χ1v) is 7.36. The van der Waals surface area contributed by atoms with E-state index in [9.17, 15) is 4.79 Å². The van der Waals surface area contributed by atoms with Gasteiger partial charge in [-0.05, 0) is 26.1 Å². The van der Waals surface area contributed by atoms with E-state index in [1.54, 1.807) is 16.7 Å². The maximum absolute atomic E-state index is 11.5. The molecule has 0 fully saturated rings. The lowest BCUT2D eigenvalue weighted by Gasteiger charge is -2.14. The number of thioether (sulfide) groups is 1. The van der Waals surface area contributed by atoms with Crippen molar-refractivity contribution in [1.82, 2.24) is 10.2 Å². The second-order valence-corrected chi connectivity index (χ2v) is 5.64. The monoisotopic (exact) mass is 282 g/mol. The number of carbonyl (C=O) groups is 1. The maximum atomic E-state index is 11.5. The first kappa shape index (κ1) is 16.0. The van der Waals surface area contributed by atoms with Crippen LogP contribution in [0.2, 0.25) is 0 Å². The van der Waals surface area contributed by atoms with Crippen LogP contribution >= 0.6 is 11.8 Å². The van der Waals surface area contributed by atoms with Crippen LogP contribution in [0, 0.1) is 6.92 Å². The van der Waals surface area contributed by atoms with Gasteiger partial charge < -0.3 is 10.4 Å². The van der Waals surface area contributed by atoms with Crippen LogP contribution in [-0.4, -0.2) is 55.0 Å². The molecule has 0 aliphatic carbocycles. The van der Waals surface area contributed by atoms with Gasteiger partial charge in [0.2, 0.25) is 5.91 Å². The molecular weight excluding hydrogens is 260 g/mol. The fourth-order valence-electron chi connectivity index (χ4n) is 1.54. The topological polar surface area (TPSA) is 52.6 Å². The highest BCUT2D eigenvalue weighted by molar-refractivity contribution is 7.99.